The predicted octanol–water partition coefficient (Wildman–Crippen LogP) is 0.610. The predicted molar refractivity (Wildman–Crippen MR) is 80.2 cm³/mol. The molecule has 0 aromatic rings. The normalized spacial score (nSPS) is 31.2. The second kappa shape index (κ2) is 7.07. The van der Waals surface area contributed by atoms with Crippen LogP contribution in [0.1, 0.15) is 51.9 Å². The van der Waals surface area contributed by atoms with Crippen molar-refractivity contribution >= 4 is 15.9 Å². The van der Waals surface area contributed by atoms with Crippen molar-refractivity contribution in [3.05, 3.63) is 0 Å². The van der Waals surface area contributed by atoms with Crippen LogP contribution in [-0.2, 0) is 14.8 Å². The number of rotatable bonds is 5. The van der Waals surface area contributed by atoms with E-state index in [9.17, 15) is 18.3 Å². The van der Waals surface area contributed by atoms with Crippen molar-refractivity contribution < 1.29 is 18.3 Å². The molecule has 0 radical (unpaired) electrons. The van der Waals surface area contributed by atoms with Crippen LogP contribution >= 0.6 is 0 Å². The number of hydrogen-bond donors (Lipinski definition) is 2. The summed E-state index contributed by atoms with van der Waals surface area (Å²) in [6.45, 7) is 2.24. The van der Waals surface area contributed by atoms with Crippen molar-refractivity contribution in [1.82, 2.24) is 9.62 Å². The molecule has 122 valence electrons. The zero-order valence-electron chi connectivity index (χ0n) is 12.6. The molecule has 1 aliphatic heterocycles. The van der Waals surface area contributed by atoms with E-state index < -0.39 is 22.2 Å². The van der Waals surface area contributed by atoms with E-state index in [-0.39, 0.29) is 17.7 Å². The number of hydrogen-bond acceptors (Lipinski definition) is 4. The van der Waals surface area contributed by atoms with E-state index in [4.69, 9.17) is 0 Å². The SMILES string of the molecule is CCCS(=O)(=O)N1CCCC1C(=O)N[C@@H]1CCCC[C@H]1O. The molecule has 0 aromatic carbocycles. The van der Waals surface area contributed by atoms with Crippen LogP contribution in [0.2, 0.25) is 0 Å². The average molecular weight is 318 g/mol. The highest BCUT2D eigenvalue weighted by molar-refractivity contribution is 7.89. The summed E-state index contributed by atoms with van der Waals surface area (Å²) in [5.41, 5.74) is 0. The van der Waals surface area contributed by atoms with Gasteiger partial charge >= 0.3 is 0 Å². The Balaban J connectivity index is 2.00. The second-order valence-electron chi connectivity index (χ2n) is 6.05. The average Bonchev–Trinajstić information content (AvgIpc) is 2.91. The summed E-state index contributed by atoms with van der Waals surface area (Å²) in [5, 5.41) is 12.8. The van der Waals surface area contributed by atoms with Crippen LogP contribution in [0.25, 0.3) is 0 Å². The Morgan fingerprint density at radius 1 is 1.24 bits per heavy atom. The lowest BCUT2D eigenvalue weighted by Crippen LogP contribution is -2.52. The van der Waals surface area contributed by atoms with Gasteiger partial charge in [-0.1, -0.05) is 19.8 Å². The molecule has 1 aliphatic carbocycles. The number of aliphatic hydroxyl groups is 1. The fourth-order valence-corrected chi connectivity index (χ4v) is 5.02. The van der Waals surface area contributed by atoms with E-state index in [1.54, 1.807) is 0 Å². The molecule has 1 saturated carbocycles. The van der Waals surface area contributed by atoms with Crippen molar-refractivity contribution in [3.8, 4) is 0 Å². The molecular weight excluding hydrogens is 292 g/mol. The molecule has 0 aromatic heterocycles. The van der Waals surface area contributed by atoms with Crippen LogP contribution in [0.15, 0.2) is 0 Å². The van der Waals surface area contributed by atoms with Crippen molar-refractivity contribution in [3.63, 3.8) is 0 Å². The molecule has 0 bridgehead atoms. The topological polar surface area (TPSA) is 86.7 Å². The number of carbonyl (C=O) groups excluding carboxylic acids is 1. The number of carbonyl (C=O) groups is 1. The van der Waals surface area contributed by atoms with Gasteiger partial charge in [-0.2, -0.15) is 4.31 Å². The third-order valence-corrected chi connectivity index (χ3v) is 6.46. The largest absolute Gasteiger partial charge is 0.391 e. The minimum atomic E-state index is -3.35. The molecule has 2 fully saturated rings. The lowest BCUT2D eigenvalue weighted by atomic mass is 9.92. The van der Waals surface area contributed by atoms with E-state index in [1.807, 2.05) is 6.92 Å². The van der Waals surface area contributed by atoms with Gasteiger partial charge in [0, 0.05) is 6.54 Å². The lowest BCUT2D eigenvalue weighted by molar-refractivity contribution is -0.126. The molecule has 2 aliphatic rings. The van der Waals surface area contributed by atoms with E-state index >= 15 is 0 Å². The van der Waals surface area contributed by atoms with Gasteiger partial charge in [-0.25, -0.2) is 8.42 Å². The van der Waals surface area contributed by atoms with Gasteiger partial charge in [-0.05, 0) is 32.1 Å². The van der Waals surface area contributed by atoms with Gasteiger partial charge in [0.2, 0.25) is 15.9 Å². The highest BCUT2D eigenvalue weighted by atomic mass is 32.2. The minimum absolute atomic E-state index is 0.0861. The molecule has 21 heavy (non-hydrogen) atoms. The van der Waals surface area contributed by atoms with Crippen LogP contribution in [0.5, 0.6) is 0 Å². The first-order valence-corrected chi connectivity index (χ1v) is 9.54. The van der Waals surface area contributed by atoms with E-state index in [0.717, 1.165) is 19.3 Å². The van der Waals surface area contributed by atoms with Crippen LogP contribution in [0.3, 0.4) is 0 Å². The van der Waals surface area contributed by atoms with Gasteiger partial charge in [0.15, 0.2) is 0 Å². The van der Waals surface area contributed by atoms with Crippen LogP contribution < -0.4 is 5.32 Å². The Morgan fingerprint density at radius 3 is 2.62 bits per heavy atom. The molecule has 2 N–H and O–H groups in total. The number of sulfonamides is 1. The van der Waals surface area contributed by atoms with Crippen molar-refractivity contribution in [2.45, 2.75) is 70.1 Å². The standard InChI is InChI=1S/C14H26N2O4S/c1-2-10-21(19,20)16-9-5-7-12(16)14(18)15-11-6-3-4-8-13(11)17/h11-13,17H,2-10H2,1H3,(H,15,18)/t11-,12?,13-/m1/s1. The zero-order chi connectivity index (χ0) is 15.5. The molecule has 1 unspecified atom stereocenters. The van der Waals surface area contributed by atoms with Crippen LogP contribution in [0.4, 0.5) is 0 Å². The Kier molecular flexibility index (Phi) is 5.62. The highest BCUT2D eigenvalue weighted by Crippen LogP contribution is 2.24. The minimum Gasteiger partial charge on any atom is -0.391 e. The van der Waals surface area contributed by atoms with Gasteiger partial charge in [-0.15, -0.1) is 0 Å². The first-order chi connectivity index (χ1) is 9.95. The fourth-order valence-electron chi connectivity index (χ4n) is 3.27. The number of amides is 1. The number of nitrogens with one attached hydrogen (secondary N) is 1. The van der Waals surface area contributed by atoms with Gasteiger partial charge in [0.25, 0.3) is 0 Å². The second-order valence-corrected chi connectivity index (χ2v) is 8.09. The highest BCUT2D eigenvalue weighted by Gasteiger charge is 2.39. The zero-order valence-corrected chi connectivity index (χ0v) is 13.4. The first-order valence-electron chi connectivity index (χ1n) is 7.93. The smallest absolute Gasteiger partial charge is 0.238 e. The summed E-state index contributed by atoms with van der Waals surface area (Å²) in [4.78, 5) is 12.4. The summed E-state index contributed by atoms with van der Waals surface area (Å²) in [7, 11) is -3.35. The molecule has 1 saturated heterocycles. The third kappa shape index (κ3) is 3.96. The summed E-state index contributed by atoms with van der Waals surface area (Å²) >= 11 is 0. The lowest BCUT2D eigenvalue weighted by Gasteiger charge is -2.31. The fraction of sp³-hybridized carbons (Fsp3) is 0.929. The maximum atomic E-state index is 12.4. The van der Waals surface area contributed by atoms with E-state index in [1.165, 1.54) is 4.31 Å². The Bertz CT molecular complexity index is 466. The molecule has 3 atom stereocenters. The van der Waals surface area contributed by atoms with E-state index in [2.05, 4.69) is 5.32 Å². The van der Waals surface area contributed by atoms with Gasteiger partial charge in [0.05, 0.1) is 17.9 Å². The summed E-state index contributed by atoms with van der Waals surface area (Å²) in [6.07, 6.45) is 4.76. The summed E-state index contributed by atoms with van der Waals surface area (Å²) in [6, 6.07) is -0.835. The number of nitrogens with zero attached hydrogens (tertiary/aromatic N) is 1. The molecule has 1 heterocycles. The van der Waals surface area contributed by atoms with Gasteiger partial charge in [-0.3, -0.25) is 4.79 Å². The molecule has 2 rings (SSSR count). The Morgan fingerprint density at radius 2 is 1.95 bits per heavy atom. The Labute approximate surface area is 126 Å². The molecule has 7 heteroatoms. The summed E-state index contributed by atoms with van der Waals surface area (Å²) in [5.74, 6) is -0.166. The monoisotopic (exact) mass is 318 g/mol. The maximum absolute atomic E-state index is 12.4. The van der Waals surface area contributed by atoms with E-state index in [0.29, 0.717) is 32.2 Å². The van der Waals surface area contributed by atoms with Gasteiger partial charge in [0.1, 0.15) is 6.04 Å². The Hall–Kier alpha value is -0.660. The maximum Gasteiger partial charge on any atom is 0.238 e. The van der Waals surface area contributed by atoms with Crippen molar-refractivity contribution in [1.29, 1.82) is 0 Å². The van der Waals surface area contributed by atoms with Crippen molar-refractivity contribution in [2.75, 3.05) is 12.3 Å². The number of aliphatic hydroxyl groups excluding tert-OH is 1. The molecular formula is C14H26N2O4S. The van der Waals surface area contributed by atoms with Crippen LogP contribution in [-0.4, -0.2) is 54.2 Å². The molecule has 6 nitrogen and oxygen atoms in total. The van der Waals surface area contributed by atoms with Gasteiger partial charge < -0.3 is 10.4 Å². The third-order valence-electron chi connectivity index (χ3n) is 4.38. The summed E-state index contributed by atoms with van der Waals surface area (Å²) < 4.78 is 25.7. The quantitative estimate of drug-likeness (QED) is 0.777. The first kappa shape index (κ1) is 16.7. The molecule has 1 amide bonds. The van der Waals surface area contributed by atoms with Crippen LogP contribution in [0, 0.1) is 0 Å². The van der Waals surface area contributed by atoms with Crippen molar-refractivity contribution in [2.24, 2.45) is 0 Å². The molecule has 0 spiro atoms.